The summed E-state index contributed by atoms with van der Waals surface area (Å²) in [6, 6.07) is 7.61. The summed E-state index contributed by atoms with van der Waals surface area (Å²) in [4.78, 5) is 14.6. The average molecular weight is 370 g/mol. The van der Waals surface area contributed by atoms with E-state index in [1.165, 1.54) is 12.8 Å². The monoisotopic (exact) mass is 370 g/mol. The maximum Gasteiger partial charge on any atom is 0.323 e. The first-order valence-corrected chi connectivity index (χ1v) is 9.47. The van der Waals surface area contributed by atoms with Gasteiger partial charge in [-0.2, -0.15) is 5.10 Å². The van der Waals surface area contributed by atoms with Crippen LogP contribution >= 0.6 is 0 Å². The summed E-state index contributed by atoms with van der Waals surface area (Å²) in [5.74, 6) is 3.35. The van der Waals surface area contributed by atoms with Crippen molar-refractivity contribution in [2.24, 2.45) is 5.92 Å². The van der Waals surface area contributed by atoms with E-state index in [1.807, 2.05) is 33.8 Å². The standard InChI is InChI=1S/C20H26N4O3/c1-26-16-5-6-18(27-2)17(11-16)15-8-10-23(13-15)20(25)22-19-7-9-21-24(19)12-14-3-4-14/h5-7,9,11,14-15H,3-4,8,10,12-13H2,1-2H3,(H,22,25)/t15-/m0/s1. The number of aromatic nitrogens is 2. The summed E-state index contributed by atoms with van der Waals surface area (Å²) in [5.41, 5.74) is 1.09. The van der Waals surface area contributed by atoms with Crippen LogP contribution in [-0.2, 0) is 6.54 Å². The zero-order valence-electron chi connectivity index (χ0n) is 15.9. The second kappa shape index (κ2) is 7.50. The van der Waals surface area contributed by atoms with Gasteiger partial charge >= 0.3 is 6.03 Å². The summed E-state index contributed by atoms with van der Waals surface area (Å²) >= 11 is 0. The third kappa shape index (κ3) is 3.86. The molecule has 1 N–H and O–H groups in total. The fraction of sp³-hybridized carbons (Fsp3) is 0.500. The molecule has 2 aromatic rings. The van der Waals surface area contributed by atoms with Crippen molar-refractivity contribution in [3.05, 3.63) is 36.0 Å². The summed E-state index contributed by atoms with van der Waals surface area (Å²) in [7, 11) is 3.33. The average Bonchev–Trinajstić information content (AvgIpc) is 3.18. The number of likely N-dealkylation sites (tertiary alicyclic amines) is 1. The molecule has 1 saturated carbocycles. The minimum atomic E-state index is -0.0723. The van der Waals surface area contributed by atoms with E-state index in [0.29, 0.717) is 19.0 Å². The van der Waals surface area contributed by atoms with Gasteiger partial charge in [0.05, 0.1) is 20.4 Å². The van der Waals surface area contributed by atoms with Gasteiger partial charge < -0.3 is 14.4 Å². The second-order valence-electron chi connectivity index (χ2n) is 7.31. The highest BCUT2D eigenvalue weighted by Gasteiger charge is 2.30. The Morgan fingerprint density at radius 1 is 1.22 bits per heavy atom. The Kier molecular flexibility index (Phi) is 4.92. The minimum absolute atomic E-state index is 0.0723. The van der Waals surface area contributed by atoms with Gasteiger partial charge in [-0.3, -0.25) is 5.32 Å². The van der Waals surface area contributed by atoms with E-state index >= 15 is 0 Å². The molecule has 7 nitrogen and oxygen atoms in total. The van der Waals surface area contributed by atoms with Gasteiger partial charge in [-0.1, -0.05) is 0 Å². The molecule has 0 bridgehead atoms. The van der Waals surface area contributed by atoms with E-state index in [4.69, 9.17) is 9.47 Å². The van der Waals surface area contributed by atoms with Crippen molar-refractivity contribution >= 4 is 11.8 Å². The molecule has 1 atom stereocenters. The number of carbonyl (C=O) groups excluding carboxylic acids is 1. The molecular weight excluding hydrogens is 344 g/mol. The van der Waals surface area contributed by atoms with Gasteiger partial charge in [0, 0.05) is 37.2 Å². The normalized spacial score (nSPS) is 19.2. The molecular formula is C20H26N4O3. The topological polar surface area (TPSA) is 68.6 Å². The van der Waals surface area contributed by atoms with Crippen molar-refractivity contribution in [3.63, 3.8) is 0 Å². The fourth-order valence-electron chi connectivity index (χ4n) is 3.67. The van der Waals surface area contributed by atoms with Crippen LogP contribution in [-0.4, -0.2) is 48.0 Å². The molecule has 2 fully saturated rings. The SMILES string of the molecule is COc1ccc(OC)c([C@H]2CCN(C(=O)Nc3ccnn3CC3CC3)C2)c1. The molecule has 27 heavy (non-hydrogen) atoms. The van der Waals surface area contributed by atoms with Crippen molar-refractivity contribution < 1.29 is 14.3 Å². The highest BCUT2D eigenvalue weighted by atomic mass is 16.5. The number of methoxy groups -OCH3 is 2. The number of anilines is 1. The van der Waals surface area contributed by atoms with E-state index in [9.17, 15) is 4.79 Å². The molecule has 144 valence electrons. The number of nitrogens with zero attached hydrogens (tertiary/aromatic N) is 3. The van der Waals surface area contributed by atoms with Crippen LogP contribution in [0.3, 0.4) is 0 Å². The predicted molar refractivity (Wildman–Crippen MR) is 102 cm³/mol. The number of nitrogens with one attached hydrogen (secondary N) is 1. The van der Waals surface area contributed by atoms with E-state index in [-0.39, 0.29) is 11.9 Å². The lowest BCUT2D eigenvalue weighted by Gasteiger charge is -2.19. The molecule has 2 heterocycles. The van der Waals surface area contributed by atoms with Gasteiger partial charge in [0.25, 0.3) is 0 Å². The lowest BCUT2D eigenvalue weighted by Crippen LogP contribution is -2.33. The van der Waals surface area contributed by atoms with Gasteiger partial charge in [-0.15, -0.1) is 0 Å². The van der Waals surface area contributed by atoms with Crippen LogP contribution in [0.5, 0.6) is 11.5 Å². The third-order valence-corrected chi connectivity index (χ3v) is 5.43. The van der Waals surface area contributed by atoms with Gasteiger partial charge in [0.15, 0.2) is 0 Å². The van der Waals surface area contributed by atoms with Gasteiger partial charge in [-0.25, -0.2) is 9.48 Å². The van der Waals surface area contributed by atoms with E-state index in [0.717, 1.165) is 35.8 Å². The zero-order valence-corrected chi connectivity index (χ0v) is 15.9. The maximum atomic E-state index is 12.7. The first-order valence-electron chi connectivity index (χ1n) is 9.47. The van der Waals surface area contributed by atoms with Crippen molar-refractivity contribution in [3.8, 4) is 11.5 Å². The Morgan fingerprint density at radius 3 is 2.81 bits per heavy atom. The zero-order chi connectivity index (χ0) is 18.8. The van der Waals surface area contributed by atoms with Crippen LogP contribution in [0.1, 0.15) is 30.7 Å². The van der Waals surface area contributed by atoms with E-state index in [1.54, 1.807) is 20.4 Å². The molecule has 0 spiro atoms. The summed E-state index contributed by atoms with van der Waals surface area (Å²) in [6.07, 6.45) is 5.15. The Hall–Kier alpha value is -2.70. The maximum absolute atomic E-state index is 12.7. The molecule has 7 heteroatoms. The highest BCUT2D eigenvalue weighted by molar-refractivity contribution is 5.88. The number of hydrogen-bond donors (Lipinski definition) is 1. The minimum Gasteiger partial charge on any atom is -0.497 e. The van der Waals surface area contributed by atoms with Crippen LogP contribution in [0.2, 0.25) is 0 Å². The Balaban J connectivity index is 1.42. The number of ether oxygens (including phenoxy) is 2. The summed E-state index contributed by atoms with van der Waals surface area (Å²) in [6.45, 7) is 2.26. The van der Waals surface area contributed by atoms with Crippen molar-refractivity contribution in [2.75, 3.05) is 32.6 Å². The number of urea groups is 1. The first kappa shape index (κ1) is 17.7. The van der Waals surface area contributed by atoms with Crippen LogP contribution in [0.4, 0.5) is 10.6 Å². The molecule has 0 unspecified atom stereocenters. The molecule has 1 aromatic heterocycles. The van der Waals surface area contributed by atoms with Crippen LogP contribution in [0.15, 0.2) is 30.5 Å². The van der Waals surface area contributed by atoms with Crippen LogP contribution < -0.4 is 14.8 Å². The number of carbonyl (C=O) groups is 1. The van der Waals surface area contributed by atoms with E-state index < -0.39 is 0 Å². The molecule has 1 aliphatic carbocycles. The molecule has 1 aromatic carbocycles. The smallest absolute Gasteiger partial charge is 0.323 e. The highest BCUT2D eigenvalue weighted by Crippen LogP contribution is 2.36. The second-order valence-corrected chi connectivity index (χ2v) is 7.31. The summed E-state index contributed by atoms with van der Waals surface area (Å²) < 4.78 is 12.8. The largest absolute Gasteiger partial charge is 0.497 e. The summed E-state index contributed by atoms with van der Waals surface area (Å²) in [5, 5.41) is 7.35. The van der Waals surface area contributed by atoms with E-state index in [2.05, 4.69) is 10.4 Å². The number of amides is 2. The molecule has 4 rings (SSSR count). The Bertz CT molecular complexity index is 815. The Morgan fingerprint density at radius 2 is 2.07 bits per heavy atom. The quantitative estimate of drug-likeness (QED) is 0.847. The number of hydrogen-bond acceptors (Lipinski definition) is 4. The third-order valence-electron chi connectivity index (χ3n) is 5.43. The van der Waals surface area contributed by atoms with Gasteiger partial charge in [0.1, 0.15) is 17.3 Å². The van der Waals surface area contributed by atoms with Gasteiger partial charge in [-0.05, 0) is 43.4 Å². The fourth-order valence-corrected chi connectivity index (χ4v) is 3.67. The predicted octanol–water partition coefficient (Wildman–Crippen LogP) is 3.33. The molecule has 2 aliphatic rings. The van der Waals surface area contributed by atoms with Crippen LogP contribution in [0.25, 0.3) is 0 Å². The molecule has 2 amide bonds. The molecule has 1 aliphatic heterocycles. The number of rotatable bonds is 6. The lowest BCUT2D eigenvalue weighted by molar-refractivity contribution is 0.221. The molecule has 1 saturated heterocycles. The first-order chi connectivity index (χ1) is 13.2. The van der Waals surface area contributed by atoms with Crippen molar-refractivity contribution in [2.45, 2.75) is 31.7 Å². The van der Waals surface area contributed by atoms with Crippen molar-refractivity contribution in [1.29, 1.82) is 0 Å². The molecule has 0 radical (unpaired) electrons. The van der Waals surface area contributed by atoms with Gasteiger partial charge in [0.2, 0.25) is 0 Å². The number of benzene rings is 1. The Labute approximate surface area is 159 Å². The van der Waals surface area contributed by atoms with Crippen molar-refractivity contribution in [1.82, 2.24) is 14.7 Å². The lowest BCUT2D eigenvalue weighted by atomic mass is 9.97. The van der Waals surface area contributed by atoms with Crippen LogP contribution in [0, 0.1) is 5.92 Å².